The summed E-state index contributed by atoms with van der Waals surface area (Å²) in [7, 11) is 4.28. The second kappa shape index (κ2) is 7.65. The molecule has 2 aromatic carbocycles. The van der Waals surface area contributed by atoms with E-state index < -0.39 is 0 Å². The molecule has 0 bridgehead atoms. The van der Waals surface area contributed by atoms with Gasteiger partial charge in [0.05, 0.1) is 11.1 Å². The molecule has 2 aliphatic rings. The van der Waals surface area contributed by atoms with E-state index in [1.54, 1.807) is 0 Å². The molecule has 1 aliphatic heterocycles. The lowest BCUT2D eigenvalue weighted by molar-refractivity contribution is 0.0930. The van der Waals surface area contributed by atoms with E-state index in [0.717, 1.165) is 60.1 Å². The van der Waals surface area contributed by atoms with Gasteiger partial charge in [-0.25, -0.2) is 0 Å². The molecule has 1 saturated carbocycles. The fourth-order valence-corrected chi connectivity index (χ4v) is 4.83. The summed E-state index contributed by atoms with van der Waals surface area (Å²) < 4.78 is 0. The van der Waals surface area contributed by atoms with Gasteiger partial charge in [0.25, 0.3) is 5.91 Å². The molecule has 1 saturated heterocycles. The van der Waals surface area contributed by atoms with E-state index >= 15 is 0 Å². The van der Waals surface area contributed by atoms with Crippen molar-refractivity contribution in [3.63, 3.8) is 0 Å². The third kappa shape index (κ3) is 3.68. The highest BCUT2D eigenvalue weighted by atomic mass is 16.1. The molecule has 1 aromatic heterocycles. The number of fused-ring (bicyclic) bond motifs is 1. The van der Waals surface area contributed by atoms with E-state index in [2.05, 4.69) is 64.5 Å². The van der Waals surface area contributed by atoms with Gasteiger partial charge < -0.3 is 15.1 Å². The van der Waals surface area contributed by atoms with Crippen molar-refractivity contribution in [2.24, 2.45) is 0 Å². The topological polar surface area (TPSA) is 48.5 Å². The maximum Gasteiger partial charge on any atom is 0.252 e. The van der Waals surface area contributed by atoms with Crippen LogP contribution in [-0.4, -0.2) is 49.0 Å². The van der Waals surface area contributed by atoms with Crippen molar-refractivity contribution in [3.8, 4) is 0 Å². The smallest absolute Gasteiger partial charge is 0.252 e. The van der Waals surface area contributed by atoms with Crippen LogP contribution in [0.5, 0.6) is 0 Å². The summed E-state index contributed by atoms with van der Waals surface area (Å²) in [6.07, 6.45) is 4.93. The lowest BCUT2D eigenvalue weighted by Gasteiger charge is -2.24. The number of aryl methyl sites for hydroxylation is 1. The molecular weight excluding hydrogens is 384 g/mol. The summed E-state index contributed by atoms with van der Waals surface area (Å²) >= 11 is 0. The highest BCUT2D eigenvalue weighted by Gasteiger charge is 2.47. The minimum Gasteiger partial charge on any atom is -0.370 e. The molecule has 31 heavy (non-hydrogen) atoms. The molecule has 3 aromatic rings. The molecule has 160 valence electrons. The van der Waals surface area contributed by atoms with Gasteiger partial charge in [-0.3, -0.25) is 9.78 Å². The minimum absolute atomic E-state index is 0.0149. The van der Waals surface area contributed by atoms with Gasteiger partial charge in [-0.1, -0.05) is 24.3 Å². The predicted molar refractivity (Wildman–Crippen MR) is 126 cm³/mol. The summed E-state index contributed by atoms with van der Waals surface area (Å²) in [4.78, 5) is 22.6. The Morgan fingerprint density at radius 3 is 2.71 bits per heavy atom. The van der Waals surface area contributed by atoms with Crippen molar-refractivity contribution in [1.82, 2.24) is 15.2 Å². The fraction of sp³-hybridized carbons (Fsp3) is 0.385. The lowest BCUT2D eigenvalue weighted by Crippen LogP contribution is -2.35. The minimum atomic E-state index is -0.286. The molecule has 1 N–H and O–H groups in total. The SMILES string of the molecule is Cc1ccc(N2CC[C@@H](N(C)C)C2)cc1C(=O)NC1(c2ccnc3ccccc23)CC1. The van der Waals surface area contributed by atoms with Crippen LogP contribution in [-0.2, 0) is 5.54 Å². The molecule has 0 unspecified atom stereocenters. The average Bonchev–Trinajstić information content (AvgIpc) is 3.37. The van der Waals surface area contributed by atoms with E-state index in [1.807, 2.05) is 31.3 Å². The lowest BCUT2D eigenvalue weighted by atomic mass is 9.99. The van der Waals surface area contributed by atoms with Crippen molar-refractivity contribution in [3.05, 3.63) is 71.4 Å². The monoisotopic (exact) mass is 414 g/mol. The third-order valence-corrected chi connectivity index (χ3v) is 6.99. The molecule has 0 spiro atoms. The maximum absolute atomic E-state index is 13.4. The van der Waals surface area contributed by atoms with E-state index in [-0.39, 0.29) is 11.4 Å². The first-order valence-electron chi connectivity index (χ1n) is 11.2. The summed E-state index contributed by atoms with van der Waals surface area (Å²) in [6.45, 7) is 4.05. The summed E-state index contributed by atoms with van der Waals surface area (Å²) in [5.74, 6) is 0.0149. The van der Waals surface area contributed by atoms with Crippen molar-refractivity contribution in [2.75, 3.05) is 32.1 Å². The Kier molecular flexibility index (Phi) is 4.94. The highest BCUT2D eigenvalue weighted by Crippen LogP contribution is 2.48. The number of anilines is 1. The van der Waals surface area contributed by atoms with Gasteiger partial charge in [-0.05, 0) is 75.7 Å². The number of nitrogens with one attached hydrogen (secondary N) is 1. The Hall–Kier alpha value is -2.92. The number of amides is 1. The summed E-state index contributed by atoms with van der Waals surface area (Å²) in [5.41, 5.74) is 4.79. The number of hydrogen-bond donors (Lipinski definition) is 1. The van der Waals surface area contributed by atoms with Crippen LogP contribution in [0.15, 0.2) is 54.7 Å². The van der Waals surface area contributed by atoms with Crippen LogP contribution in [0.4, 0.5) is 5.69 Å². The second-order valence-electron chi connectivity index (χ2n) is 9.26. The van der Waals surface area contributed by atoms with Gasteiger partial charge in [0.1, 0.15) is 0 Å². The zero-order chi connectivity index (χ0) is 21.6. The molecule has 5 rings (SSSR count). The van der Waals surface area contributed by atoms with Crippen molar-refractivity contribution >= 4 is 22.5 Å². The van der Waals surface area contributed by atoms with Crippen LogP contribution >= 0.6 is 0 Å². The third-order valence-electron chi connectivity index (χ3n) is 6.99. The average molecular weight is 415 g/mol. The molecule has 5 heteroatoms. The number of aromatic nitrogens is 1. The van der Waals surface area contributed by atoms with Crippen LogP contribution < -0.4 is 10.2 Å². The number of nitrogens with zero attached hydrogens (tertiary/aromatic N) is 3. The number of carbonyl (C=O) groups is 1. The molecule has 1 aliphatic carbocycles. The molecular formula is C26H30N4O. The van der Waals surface area contributed by atoms with Crippen molar-refractivity contribution in [2.45, 2.75) is 37.8 Å². The fourth-order valence-electron chi connectivity index (χ4n) is 4.83. The first-order chi connectivity index (χ1) is 15.0. The van der Waals surface area contributed by atoms with Crippen LogP contribution in [0.2, 0.25) is 0 Å². The van der Waals surface area contributed by atoms with Gasteiger partial charge in [-0.15, -0.1) is 0 Å². The van der Waals surface area contributed by atoms with Gasteiger partial charge in [0.2, 0.25) is 0 Å². The van der Waals surface area contributed by atoms with E-state index in [9.17, 15) is 4.79 Å². The molecule has 5 nitrogen and oxygen atoms in total. The van der Waals surface area contributed by atoms with Gasteiger partial charge in [-0.2, -0.15) is 0 Å². The van der Waals surface area contributed by atoms with Crippen LogP contribution in [0.3, 0.4) is 0 Å². The molecule has 0 radical (unpaired) electrons. The normalized spacial score (nSPS) is 19.7. The standard InChI is InChI=1S/C26H30N4O/c1-18-8-9-19(30-15-11-20(17-30)29(2)3)16-22(18)25(31)28-26(12-13-26)23-10-14-27-24-7-5-4-6-21(23)24/h4-10,14,16,20H,11-13,15,17H2,1-3H3,(H,28,31)/t20-/m1/s1. The predicted octanol–water partition coefficient (Wildman–Crippen LogP) is 4.10. The van der Waals surface area contributed by atoms with Crippen molar-refractivity contribution in [1.29, 1.82) is 0 Å². The molecule has 1 atom stereocenters. The first-order valence-corrected chi connectivity index (χ1v) is 11.2. The van der Waals surface area contributed by atoms with E-state index in [0.29, 0.717) is 6.04 Å². The number of pyridine rings is 1. The maximum atomic E-state index is 13.4. The molecule has 2 fully saturated rings. The van der Waals surface area contributed by atoms with Crippen LogP contribution in [0.25, 0.3) is 10.9 Å². The number of benzene rings is 2. The van der Waals surface area contributed by atoms with Gasteiger partial charge in [0.15, 0.2) is 0 Å². The Balaban J connectivity index is 1.41. The summed E-state index contributed by atoms with van der Waals surface area (Å²) in [5, 5.41) is 4.51. The Labute approximate surface area is 184 Å². The first kappa shape index (κ1) is 20.0. The van der Waals surface area contributed by atoms with Gasteiger partial charge >= 0.3 is 0 Å². The number of para-hydroxylation sites is 1. The van der Waals surface area contributed by atoms with E-state index in [1.165, 1.54) is 5.56 Å². The molecule has 1 amide bonds. The van der Waals surface area contributed by atoms with Crippen LogP contribution in [0.1, 0.15) is 40.7 Å². The Bertz CT molecular complexity index is 1130. The van der Waals surface area contributed by atoms with E-state index in [4.69, 9.17) is 0 Å². The number of rotatable bonds is 5. The Morgan fingerprint density at radius 1 is 1.16 bits per heavy atom. The van der Waals surface area contributed by atoms with Crippen LogP contribution in [0, 0.1) is 6.92 Å². The number of carbonyl (C=O) groups excluding carboxylic acids is 1. The summed E-state index contributed by atoms with van der Waals surface area (Å²) in [6, 6.07) is 17.1. The van der Waals surface area contributed by atoms with Crippen molar-refractivity contribution < 1.29 is 4.79 Å². The second-order valence-corrected chi connectivity index (χ2v) is 9.26. The quantitative estimate of drug-likeness (QED) is 0.683. The number of likely N-dealkylation sites (N-methyl/N-ethyl adjacent to an activating group) is 1. The number of hydrogen-bond acceptors (Lipinski definition) is 4. The zero-order valence-electron chi connectivity index (χ0n) is 18.6. The Morgan fingerprint density at radius 2 is 1.97 bits per heavy atom. The van der Waals surface area contributed by atoms with Gasteiger partial charge in [0, 0.05) is 42.0 Å². The largest absolute Gasteiger partial charge is 0.370 e. The molecule has 2 heterocycles. The zero-order valence-corrected chi connectivity index (χ0v) is 18.6. The highest BCUT2D eigenvalue weighted by molar-refractivity contribution is 5.98.